The molecule has 1 unspecified atom stereocenters. The van der Waals surface area contributed by atoms with Gasteiger partial charge in [-0.25, -0.2) is 0 Å². The van der Waals surface area contributed by atoms with Crippen molar-refractivity contribution >= 4 is 18.9 Å². The fourth-order valence-corrected chi connectivity index (χ4v) is 1.48. The molecule has 0 heterocycles. The molecule has 1 atom stereocenters. The molecule has 0 aromatic heterocycles. The molecule has 0 spiro atoms. The lowest BCUT2D eigenvalue weighted by Crippen LogP contribution is -1.95. The quantitative estimate of drug-likeness (QED) is 0.421. The largest absolute Gasteiger partial charge is 0.303 e. The minimum atomic E-state index is 0.269. The van der Waals surface area contributed by atoms with E-state index in [4.69, 9.17) is 0 Å². The summed E-state index contributed by atoms with van der Waals surface area (Å²) in [5.74, 6) is 0.574. The standard InChI is InChI=1S/3C6H12O/c1-3-4-6(2)5-7;1-3-6(4-2)5-7;1-2-3-4-5-6-7/h2*5-6H,3-4H2,1-2H3;6H,2-5H2,1H3. The maximum atomic E-state index is 9.97. The Kier molecular flexibility index (Phi) is 28.6. The minimum Gasteiger partial charge on any atom is -0.303 e. The second-order valence-corrected chi connectivity index (χ2v) is 5.28. The van der Waals surface area contributed by atoms with Crippen LogP contribution in [0.25, 0.3) is 0 Å². The van der Waals surface area contributed by atoms with Crippen LogP contribution in [0, 0.1) is 11.8 Å². The Bertz CT molecular complexity index is 211. The molecule has 0 saturated heterocycles. The molecule has 21 heavy (non-hydrogen) atoms. The van der Waals surface area contributed by atoms with Crippen molar-refractivity contribution in [2.24, 2.45) is 11.8 Å². The first-order chi connectivity index (χ1) is 10.1. The number of carbonyl (C=O) groups excluding carboxylic acids is 3. The van der Waals surface area contributed by atoms with E-state index in [1.807, 2.05) is 20.8 Å². The average Bonchev–Trinajstić information content (AvgIpc) is 2.51. The van der Waals surface area contributed by atoms with Crippen LogP contribution in [0.15, 0.2) is 0 Å². The number of aldehydes is 3. The molecule has 0 rings (SSSR count). The molecule has 3 heteroatoms. The number of unbranched alkanes of at least 4 members (excludes halogenated alkanes) is 3. The highest BCUT2D eigenvalue weighted by molar-refractivity contribution is 5.53. The highest BCUT2D eigenvalue weighted by Crippen LogP contribution is 2.01. The molecule has 0 saturated carbocycles. The summed E-state index contributed by atoms with van der Waals surface area (Å²) in [5, 5.41) is 0. The molecule has 126 valence electrons. The van der Waals surface area contributed by atoms with E-state index in [0.717, 1.165) is 57.4 Å². The summed E-state index contributed by atoms with van der Waals surface area (Å²) < 4.78 is 0. The van der Waals surface area contributed by atoms with Crippen molar-refractivity contribution in [1.29, 1.82) is 0 Å². The first kappa shape index (κ1) is 25.0. The van der Waals surface area contributed by atoms with Gasteiger partial charge in [0.1, 0.15) is 18.9 Å². The molecule has 0 bridgehead atoms. The normalized spacial score (nSPS) is 10.6. The van der Waals surface area contributed by atoms with Gasteiger partial charge in [0.15, 0.2) is 0 Å². The Labute approximate surface area is 131 Å². The monoisotopic (exact) mass is 300 g/mol. The van der Waals surface area contributed by atoms with Gasteiger partial charge in [0.25, 0.3) is 0 Å². The fraction of sp³-hybridized carbons (Fsp3) is 0.833. The summed E-state index contributed by atoms with van der Waals surface area (Å²) in [6, 6.07) is 0. The van der Waals surface area contributed by atoms with Crippen molar-refractivity contribution in [3.05, 3.63) is 0 Å². The molecule has 0 amide bonds. The third-order valence-electron chi connectivity index (χ3n) is 3.14. The third-order valence-corrected chi connectivity index (χ3v) is 3.14. The topological polar surface area (TPSA) is 51.2 Å². The average molecular weight is 300 g/mol. The van der Waals surface area contributed by atoms with Crippen LogP contribution in [0.2, 0.25) is 0 Å². The number of carbonyl (C=O) groups is 3. The van der Waals surface area contributed by atoms with E-state index in [1.165, 1.54) is 12.8 Å². The Balaban J connectivity index is -0.000000231. The van der Waals surface area contributed by atoms with Crippen molar-refractivity contribution in [3.8, 4) is 0 Å². The van der Waals surface area contributed by atoms with Gasteiger partial charge in [0, 0.05) is 18.3 Å². The zero-order valence-corrected chi connectivity index (χ0v) is 14.8. The third kappa shape index (κ3) is 28.0. The smallest absolute Gasteiger partial charge is 0.123 e. The predicted octanol–water partition coefficient (Wildman–Crippen LogP) is 5.01. The van der Waals surface area contributed by atoms with E-state index >= 15 is 0 Å². The molecule has 0 aliphatic carbocycles. The maximum absolute atomic E-state index is 9.97. The van der Waals surface area contributed by atoms with Crippen LogP contribution in [0.4, 0.5) is 0 Å². The Morgan fingerprint density at radius 1 is 0.810 bits per heavy atom. The molecule has 0 fully saturated rings. The van der Waals surface area contributed by atoms with Crippen LogP contribution in [-0.2, 0) is 14.4 Å². The van der Waals surface area contributed by atoms with Gasteiger partial charge in [-0.3, -0.25) is 0 Å². The molecule has 0 aromatic rings. The van der Waals surface area contributed by atoms with Gasteiger partial charge in [0.05, 0.1) is 0 Å². The Hall–Kier alpha value is -0.990. The Morgan fingerprint density at radius 2 is 1.38 bits per heavy atom. The molecule has 0 radical (unpaired) electrons. The van der Waals surface area contributed by atoms with E-state index in [9.17, 15) is 14.4 Å². The summed E-state index contributed by atoms with van der Waals surface area (Å²) >= 11 is 0. The van der Waals surface area contributed by atoms with Crippen molar-refractivity contribution in [2.75, 3.05) is 0 Å². The van der Waals surface area contributed by atoms with Gasteiger partial charge in [-0.15, -0.1) is 0 Å². The zero-order valence-electron chi connectivity index (χ0n) is 14.8. The molecular weight excluding hydrogens is 264 g/mol. The van der Waals surface area contributed by atoms with Crippen LogP contribution in [0.1, 0.15) is 86.0 Å². The van der Waals surface area contributed by atoms with Crippen molar-refractivity contribution in [1.82, 2.24) is 0 Å². The molecule has 0 aliphatic rings. The Morgan fingerprint density at radius 3 is 1.57 bits per heavy atom. The van der Waals surface area contributed by atoms with E-state index in [1.54, 1.807) is 0 Å². The van der Waals surface area contributed by atoms with Gasteiger partial charge in [-0.05, 0) is 25.7 Å². The number of hydrogen-bond acceptors (Lipinski definition) is 3. The predicted molar refractivity (Wildman–Crippen MR) is 90.5 cm³/mol. The molecule has 0 aromatic carbocycles. The highest BCUT2D eigenvalue weighted by Gasteiger charge is 1.96. The lowest BCUT2D eigenvalue weighted by atomic mass is 10.1. The molecule has 0 aliphatic heterocycles. The summed E-state index contributed by atoms with van der Waals surface area (Å²) in [7, 11) is 0. The first-order valence-corrected chi connectivity index (χ1v) is 8.41. The molecule has 0 N–H and O–H groups in total. The van der Waals surface area contributed by atoms with Crippen LogP contribution < -0.4 is 0 Å². The first-order valence-electron chi connectivity index (χ1n) is 8.41. The number of rotatable bonds is 10. The van der Waals surface area contributed by atoms with E-state index in [-0.39, 0.29) is 5.92 Å². The lowest BCUT2D eigenvalue weighted by molar-refractivity contribution is -0.111. The van der Waals surface area contributed by atoms with Gasteiger partial charge >= 0.3 is 0 Å². The van der Waals surface area contributed by atoms with Gasteiger partial charge < -0.3 is 14.4 Å². The summed E-state index contributed by atoms with van der Waals surface area (Å²) in [5.41, 5.74) is 0. The van der Waals surface area contributed by atoms with Crippen LogP contribution >= 0.6 is 0 Å². The van der Waals surface area contributed by atoms with Crippen molar-refractivity contribution in [2.45, 2.75) is 86.0 Å². The van der Waals surface area contributed by atoms with E-state index < -0.39 is 0 Å². The number of hydrogen-bond donors (Lipinski definition) is 0. The zero-order chi connectivity index (χ0) is 16.9. The van der Waals surface area contributed by atoms with Crippen LogP contribution in [-0.4, -0.2) is 18.9 Å². The van der Waals surface area contributed by atoms with Gasteiger partial charge in [0.2, 0.25) is 0 Å². The van der Waals surface area contributed by atoms with Crippen molar-refractivity contribution < 1.29 is 14.4 Å². The summed E-state index contributed by atoms with van der Waals surface area (Å²) in [6.07, 6.45) is 11.3. The highest BCUT2D eigenvalue weighted by atomic mass is 16.1. The van der Waals surface area contributed by atoms with E-state index in [0.29, 0.717) is 5.92 Å². The van der Waals surface area contributed by atoms with Gasteiger partial charge in [-0.2, -0.15) is 0 Å². The van der Waals surface area contributed by atoms with Crippen LogP contribution in [0.3, 0.4) is 0 Å². The second-order valence-electron chi connectivity index (χ2n) is 5.28. The molecular formula is C18H36O3. The van der Waals surface area contributed by atoms with E-state index in [2.05, 4.69) is 13.8 Å². The van der Waals surface area contributed by atoms with Crippen molar-refractivity contribution in [3.63, 3.8) is 0 Å². The summed E-state index contributed by atoms with van der Waals surface area (Å²) in [4.78, 5) is 29.5. The fourth-order valence-electron chi connectivity index (χ4n) is 1.48. The maximum Gasteiger partial charge on any atom is 0.123 e. The minimum absolute atomic E-state index is 0.269. The van der Waals surface area contributed by atoms with Gasteiger partial charge in [-0.1, -0.05) is 53.9 Å². The summed E-state index contributed by atoms with van der Waals surface area (Å²) in [6.45, 7) is 10.2. The second kappa shape index (κ2) is 24.1. The van der Waals surface area contributed by atoms with Crippen LogP contribution in [0.5, 0.6) is 0 Å². The lowest BCUT2D eigenvalue weighted by Gasteiger charge is -1.97. The molecule has 3 nitrogen and oxygen atoms in total. The SMILES string of the molecule is CCC(C=O)CC.CCCC(C)C=O.CCCCCC=O.